The van der Waals surface area contributed by atoms with Gasteiger partial charge in [0, 0.05) is 8.95 Å². The molecular weight excluding hydrogens is 552 g/mol. The second-order valence-electron chi connectivity index (χ2n) is 9.77. The van der Waals surface area contributed by atoms with E-state index in [0.717, 1.165) is 46.5 Å². The molecule has 1 rings (SSSR count). The highest BCUT2D eigenvalue weighted by Crippen LogP contribution is 2.36. The smallest absolute Gasteiger partial charge is 0.162 e. The van der Waals surface area contributed by atoms with Gasteiger partial charge in [-0.2, -0.15) is 0 Å². The van der Waals surface area contributed by atoms with Crippen molar-refractivity contribution < 1.29 is 9.47 Å². The molecule has 0 aliphatic rings. The number of ether oxygens (including phenoxy) is 2. The van der Waals surface area contributed by atoms with Crippen molar-refractivity contribution in [3.8, 4) is 11.5 Å². The molecule has 0 spiro atoms. The van der Waals surface area contributed by atoms with E-state index in [-0.39, 0.29) is 0 Å². The molecule has 0 aliphatic carbocycles. The zero-order chi connectivity index (χ0) is 24.7. The van der Waals surface area contributed by atoms with Crippen molar-refractivity contribution in [2.75, 3.05) is 13.2 Å². The maximum Gasteiger partial charge on any atom is 0.162 e. The monoisotopic (exact) mass is 602 g/mol. The lowest BCUT2D eigenvalue weighted by molar-refractivity contribution is 0.258. The molecule has 1 aromatic carbocycles. The third-order valence-electron chi connectivity index (χ3n) is 6.50. The molecule has 0 bridgehead atoms. The standard InChI is InChI=1S/C30H52Br2O2/c1-3-5-7-9-11-13-15-17-19-21-23-33-29-25-27(31)28(32)26-30(29)34-24-22-20-18-16-14-12-10-8-6-4-2/h25-26H,3-24H2,1-2H3. The third-order valence-corrected chi connectivity index (χ3v) is 8.34. The molecule has 0 amide bonds. The molecule has 0 aliphatic heterocycles. The molecule has 4 heteroatoms. The molecule has 0 saturated carbocycles. The predicted octanol–water partition coefficient (Wildman–Crippen LogP) is 11.8. The fourth-order valence-electron chi connectivity index (χ4n) is 4.28. The van der Waals surface area contributed by atoms with Crippen LogP contribution in [0.2, 0.25) is 0 Å². The van der Waals surface area contributed by atoms with Crippen LogP contribution in [0.5, 0.6) is 11.5 Å². The van der Waals surface area contributed by atoms with E-state index in [9.17, 15) is 0 Å². The first kappa shape index (κ1) is 31.8. The maximum absolute atomic E-state index is 6.12. The molecule has 0 radical (unpaired) electrons. The second kappa shape index (κ2) is 23.2. The van der Waals surface area contributed by atoms with Gasteiger partial charge in [-0.05, 0) is 56.8 Å². The summed E-state index contributed by atoms with van der Waals surface area (Å²) in [5.41, 5.74) is 0. The van der Waals surface area contributed by atoms with Gasteiger partial charge in [0.1, 0.15) is 0 Å². The Morgan fingerprint density at radius 2 is 0.706 bits per heavy atom. The quantitative estimate of drug-likeness (QED) is 0.109. The molecule has 198 valence electrons. The van der Waals surface area contributed by atoms with Crippen LogP contribution in [0.25, 0.3) is 0 Å². The highest BCUT2D eigenvalue weighted by molar-refractivity contribution is 9.13. The molecule has 1 aromatic rings. The fraction of sp³-hybridized carbons (Fsp3) is 0.800. The minimum Gasteiger partial charge on any atom is -0.490 e. The van der Waals surface area contributed by atoms with Crippen LogP contribution in [0.4, 0.5) is 0 Å². The van der Waals surface area contributed by atoms with Crippen molar-refractivity contribution in [2.24, 2.45) is 0 Å². The number of unbranched alkanes of at least 4 members (excludes halogenated alkanes) is 18. The topological polar surface area (TPSA) is 18.5 Å². The molecule has 0 saturated heterocycles. The Morgan fingerprint density at radius 1 is 0.441 bits per heavy atom. The Hall–Kier alpha value is -0.220. The van der Waals surface area contributed by atoms with E-state index in [1.165, 1.54) is 116 Å². The predicted molar refractivity (Wildman–Crippen MR) is 157 cm³/mol. The van der Waals surface area contributed by atoms with Gasteiger partial charge in [0.15, 0.2) is 11.5 Å². The Labute approximate surface area is 228 Å². The minimum absolute atomic E-state index is 0.763. The van der Waals surface area contributed by atoms with Crippen molar-refractivity contribution in [3.05, 3.63) is 21.1 Å². The van der Waals surface area contributed by atoms with Crippen LogP contribution in [0, 0.1) is 0 Å². The lowest BCUT2D eigenvalue weighted by Crippen LogP contribution is -2.03. The first-order valence-electron chi connectivity index (χ1n) is 14.4. The third kappa shape index (κ3) is 17.2. The van der Waals surface area contributed by atoms with Crippen molar-refractivity contribution in [1.29, 1.82) is 0 Å². The van der Waals surface area contributed by atoms with Crippen LogP contribution < -0.4 is 9.47 Å². The highest BCUT2D eigenvalue weighted by Gasteiger charge is 2.10. The number of hydrogen-bond donors (Lipinski definition) is 0. The van der Waals surface area contributed by atoms with Gasteiger partial charge in [-0.25, -0.2) is 0 Å². The van der Waals surface area contributed by atoms with Crippen molar-refractivity contribution in [2.45, 2.75) is 142 Å². The number of halogens is 2. The van der Waals surface area contributed by atoms with Crippen LogP contribution in [0.1, 0.15) is 142 Å². The first-order valence-corrected chi connectivity index (χ1v) is 16.0. The van der Waals surface area contributed by atoms with E-state index in [1.54, 1.807) is 0 Å². The van der Waals surface area contributed by atoms with Gasteiger partial charge in [-0.15, -0.1) is 0 Å². The van der Waals surface area contributed by atoms with Gasteiger partial charge in [0.2, 0.25) is 0 Å². The molecule has 0 fully saturated rings. The summed E-state index contributed by atoms with van der Waals surface area (Å²) >= 11 is 7.22. The average Bonchev–Trinajstić information content (AvgIpc) is 2.83. The molecule has 2 nitrogen and oxygen atoms in total. The molecule has 0 N–H and O–H groups in total. The average molecular weight is 605 g/mol. The largest absolute Gasteiger partial charge is 0.490 e. The van der Waals surface area contributed by atoms with Gasteiger partial charge in [-0.3, -0.25) is 0 Å². The second-order valence-corrected chi connectivity index (χ2v) is 11.5. The van der Waals surface area contributed by atoms with E-state index in [0.29, 0.717) is 0 Å². The number of rotatable bonds is 24. The summed E-state index contributed by atoms with van der Waals surface area (Å²) in [5, 5.41) is 0. The van der Waals surface area contributed by atoms with Crippen LogP contribution in [0.3, 0.4) is 0 Å². The molecular formula is C30H52Br2O2. The van der Waals surface area contributed by atoms with E-state index in [1.807, 2.05) is 12.1 Å². The molecule has 0 aromatic heterocycles. The van der Waals surface area contributed by atoms with Crippen molar-refractivity contribution >= 4 is 31.9 Å². The van der Waals surface area contributed by atoms with Gasteiger partial charge < -0.3 is 9.47 Å². The number of hydrogen-bond acceptors (Lipinski definition) is 2. The summed E-state index contributed by atoms with van der Waals surface area (Å²) in [6, 6.07) is 4.07. The van der Waals surface area contributed by atoms with Gasteiger partial charge in [0.05, 0.1) is 13.2 Å². The van der Waals surface area contributed by atoms with Crippen LogP contribution >= 0.6 is 31.9 Å². The van der Waals surface area contributed by atoms with Crippen molar-refractivity contribution in [1.82, 2.24) is 0 Å². The van der Waals surface area contributed by atoms with Gasteiger partial charge in [-0.1, -0.05) is 129 Å². The van der Waals surface area contributed by atoms with E-state index >= 15 is 0 Å². The van der Waals surface area contributed by atoms with Crippen molar-refractivity contribution in [3.63, 3.8) is 0 Å². The zero-order valence-corrected chi connectivity index (χ0v) is 25.5. The van der Waals surface area contributed by atoms with Crippen LogP contribution in [-0.4, -0.2) is 13.2 Å². The summed E-state index contributed by atoms with van der Waals surface area (Å²) in [7, 11) is 0. The summed E-state index contributed by atoms with van der Waals surface area (Å²) in [6.07, 6.45) is 26.8. The number of benzene rings is 1. The Balaban J connectivity index is 2.15. The van der Waals surface area contributed by atoms with E-state index in [4.69, 9.17) is 9.47 Å². The Kier molecular flexibility index (Phi) is 21.7. The molecule has 0 atom stereocenters. The lowest BCUT2D eigenvalue weighted by atomic mass is 10.1. The van der Waals surface area contributed by atoms with Crippen LogP contribution in [0.15, 0.2) is 21.1 Å². The summed E-state index contributed by atoms with van der Waals surface area (Å²) in [5.74, 6) is 1.72. The fourth-order valence-corrected chi connectivity index (χ4v) is 4.92. The first-order chi connectivity index (χ1) is 16.7. The Bertz CT molecular complexity index is 540. The SMILES string of the molecule is CCCCCCCCCCCCOc1cc(Br)c(Br)cc1OCCCCCCCCCCCC. The Morgan fingerprint density at radius 3 is 1.00 bits per heavy atom. The maximum atomic E-state index is 6.12. The molecule has 0 heterocycles. The van der Waals surface area contributed by atoms with Gasteiger partial charge >= 0.3 is 0 Å². The summed E-state index contributed by atoms with van der Waals surface area (Å²) < 4.78 is 14.3. The highest BCUT2D eigenvalue weighted by atomic mass is 79.9. The normalized spacial score (nSPS) is 11.2. The summed E-state index contributed by atoms with van der Waals surface area (Å²) in [4.78, 5) is 0. The molecule has 34 heavy (non-hydrogen) atoms. The minimum atomic E-state index is 0.763. The van der Waals surface area contributed by atoms with Gasteiger partial charge in [0.25, 0.3) is 0 Å². The van der Waals surface area contributed by atoms with E-state index < -0.39 is 0 Å². The van der Waals surface area contributed by atoms with Crippen LogP contribution in [-0.2, 0) is 0 Å². The van der Waals surface area contributed by atoms with E-state index in [2.05, 4.69) is 45.7 Å². The molecule has 0 unspecified atom stereocenters. The summed E-state index contributed by atoms with van der Waals surface area (Å²) in [6.45, 7) is 6.09. The lowest BCUT2D eigenvalue weighted by Gasteiger charge is -2.14. The zero-order valence-electron chi connectivity index (χ0n) is 22.3.